The molecule has 29 heavy (non-hydrogen) atoms. The van der Waals surface area contributed by atoms with Gasteiger partial charge in [-0.3, -0.25) is 4.79 Å². The average Bonchev–Trinajstić information content (AvgIpc) is 2.72. The van der Waals surface area contributed by atoms with E-state index in [1.807, 2.05) is 49.4 Å². The van der Waals surface area contributed by atoms with E-state index in [2.05, 4.69) is 5.32 Å². The predicted molar refractivity (Wildman–Crippen MR) is 110 cm³/mol. The van der Waals surface area contributed by atoms with E-state index in [1.165, 1.54) is 19.3 Å². The Morgan fingerprint density at radius 1 is 1.14 bits per heavy atom. The minimum atomic E-state index is -0.876. The van der Waals surface area contributed by atoms with Crippen LogP contribution >= 0.6 is 11.6 Å². The van der Waals surface area contributed by atoms with Gasteiger partial charge >= 0.3 is 11.9 Å². The minimum Gasteiger partial charge on any atom is -0.467 e. The zero-order chi connectivity index (χ0) is 21.2. The number of aryl methyl sites for hydroxylation is 1. The predicted octanol–water partition coefficient (Wildman–Crippen LogP) is 3.11. The van der Waals surface area contributed by atoms with Crippen molar-refractivity contribution in [1.29, 1.82) is 0 Å². The molecule has 2 rings (SSSR count). The number of ether oxygens (including phenoxy) is 2. The number of methoxy groups -OCH3 is 1. The van der Waals surface area contributed by atoms with Crippen LogP contribution in [0.2, 0.25) is 5.02 Å². The Morgan fingerprint density at radius 3 is 2.52 bits per heavy atom. The lowest BCUT2D eigenvalue weighted by Crippen LogP contribution is -2.44. The number of carbonyl (C=O) groups is 3. The maximum absolute atomic E-state index is 12.1. The third-order valence-electron chi connectivity index (χ3n) is 4.06. The van der Waals surface area contributed by atoms with Gasteiger partial charge in [0, 0.05) is 17.5 Å². The molecule has 0 saturated heterocycles. The largest absolute Gasteiger partial charge is 0.467 e. The van der Waals surface area contributed by atoms with Gasteiger partial charge < -0.3 is 14.8 Å². The first-order chi connectivity index (χ1) is 13.9. The Labute approximate surface area is 174 Å². The molecule has 0 heterocycles. The fourth-order valence-corrected chi connectivity index (χ4v) is 2.67. The van der Waals surface area contributed by atoms with Gasteiger partial charge in [0.1, 0.15) is 6.04 Å². The minimum absolute atomic E-state index is 0.265. The van der Waals surface area contributed by atoms with Crippen molar-refractivity contribution in [2.45, 2.75) is 19.4 Å². The lowest BCUT2D eigenvalue weighted by atomic mass is 10.1. The highest BCUT2D eigenvalue weighted by atomic mass is 35.5. The number of halogens is 1. The molecule has 2 aromatic rings. The van der Waals surface area contributed by atoms with E-state index in [9.17, 15) is 14.4 Å². The smallest absolute Gasteiger partial charge is 0.331 e. The van der Waals surface area contributed by atoms with Crippen molar-refractivity contribution in [2.75, 3.05) is 13.7 Å². The zero-order valence-corrected chi connectivity index (χ0v) is 16.9. The molecule has 0 bridgehead atoms. The summed E-state index contributed by atoms with van der Waals surface area (Å²) in [5, 5.41) is 3.12. The summed E-state index contributed by atoms with van der Waals surface area (Å²) < 4.78 is 9.65. The summed E-state index contributed by atoms with van der Waals surface area (Å²) >= 11 is 6.04. The highest BCUT2D eigenvalue weighted by Crippen LogP contribution is 2.17. The maximum atomic E-state index is 12.1. The molecular weight excluding hydrogens is 394 g/mol. The van der Waals surface area contributed by atoms with Gasteiger partial charge in [0.25, 0.3) is 5.91 Å². The molecule has 0 aromatic heterocycles. The van der Waals surface area contributed by atoms with E-state index >= 15 is 0 Å². The fourth-order valence-electron chi connectivity index (χ4n) is 2.48. The normalized spacial score (nSPS) is 11.7. The number of amides is 1. The van der Waals surface area contributed by atoms with E-state index in [1.54, 1.807) is 6.07 Å². The van der Waals surface area contributed by atoms with Gasteiger partial charge in [-0.1, -0.05) is 54.1 Å². The van der Waals surface area contributed by atoms with Gasteiger partial charge in [-0.25, -0.2) is 9.59 Å². The van der Waals surface area contributed by atoms with Crippen molar-refractivity contribution in [2.24, 2.45) is 0 Å². The SMILES string of the molecule is COC(=O)[C@@H](Cc1ccccc1)NC(=O)COC(=O)/C=C/c1ccc(C)c(Cl)c1. The van der Waals surface area contributed by atoms with E-state index in [0.29, 0.717) is 5.02 Å². The van der Waals surface area contributed by atoms with Crippen LogP contribution in [0.15, 0.2) is 54.6 Å². The van der Waals surface area contributed by atoms with Gasteiger partial charge in [-0.15, -0.1) is 0 Å². The Bertz CT molecular complexity index is 895. The second-order valence-corrected chi connectivity index (χ2v) is 6.69. The topological polar surface area (TPSA) is 81.7 Å². The summed E-state index contributed by atoms with van der Waals surface area (Å²) in [6.45, 7) is 1.36. The maximum Gasteiger partial charge on any atom is 0.331 e. The molecule has 7 heteroatoms. The Hall–Kier alpha value is -3.12. The average molecular weight is 416 g/mol. The van der Waals surface area contributed by atoms with Crippen molar-refractivity contribution in [3.63, 3.8) is 0 Å². The van der Waals surface area contributed by atoms with Crippen LogP contribution in [0.4, 0.5) is 0 Å². The Morgan fingerprint density at radius 2 is 1.86 bits per heavy atom. The summed E-state index contributed by atoms with van der Waals surface area (Å²) in [6, 6.07) is 13.7. The lowest BCUT2D eigenvalue weighted by molar-refractivity contribution is -0.147. The molecule has 0 aliphatic carbocycles. The number of hydrogen-bond acceptors (Lipinski definition) is 5. The molecule has 0 aliphatic heterocycles. The van der Waals surface area contributed by atoms with Crippen molar-refractivity contribution >= 4 is 35.5 Å². The third kappa shape index (κ3) is 7.43. The fraction of sp³-hybridized carbons (Fsp3) is 0.227. The zero-order valence-electron chi connectivity index (χ0n) is 16.2. The molecule has 0 saturated carbocycles. The molecule has 0 spiro atoms. The molecule has 1 atom stereocenters. The van der Waals surface area contributed by atoms with E-state index in [-0.39, 0.29) is 6.42 Å². The molecule has 0 unspecified atom stereocenters. The van der Waals surface area contributed by atoms with Crippen LogP contribution in [-0.2, 0) is 30.3 Å². The molecule has 152 valence electrons. The molecule has 1 amide bonds. The number of carbonyl (C=O) groups excluding carboxylic acids is 3. The number of benzene rings is 2. The van der Waals surface area contributed by atoms with Crippen LogP contribution < -0.4 is 5.32 Å². The van der Waals surface area contributed by atoms with Crippen LogP contribution in [0.5, 0.6) is 0 Å². The van der Waals surface area contributed by atoms with Crippen LogP contribution in [0.25, 0.3) is 6.08 Å². The van der Waals surface area contributed by atoms with Crippen LogP contribution in [-0.4, -0.2) is 37.6 Å². The number of esters is 2. The number of hydrogen-bond donors (Lipinski definition) is 1. The lowest BCUT2D eigenvalue weighted by Gasteiger charge is -2.16. The summed E-state index contributed by atoms with van der Waals surface area (Å²) in [5.74, 6) is -1.87. The molecule has 0 radical (unpaired) electrons. The quantitative estimate of drug-likeness (QED) is 0.529. The molecule has 6 nitrogen and oxygen atoms in total. The first-order valence-electron chi connectivity index (χ1n) is 8.91. The van der Waals surface area contributed by atoms with Crippen molar-refractivity contribution < 1.29 is 23.9 Å². The van der Waals surface area contributed by atoms with Gasteiger partial charge in [0.2, 0.25) is 0 Å². The molecule has 0 fully saturated rings. The standard InChI is InChI=1S/C22H22ClNO5/c1-15-8-9-17(12-18(15)23)10-11-21(26)29-14-20(25)24-19(22(27)28-2)13-16-6-4-3-5-7-16/h3-12,19H,13-14H2,1-2H3,(H,24,25)/b11-10+/t19-/m1/s1. The second-order valence-electron chi connectivity index (χ2n) is 6.28. The third-order valence-corrected chi connectivity index (χ3v) is 4.46. The monoisotopic (exact) mass is 415 g/mol. The Kier molecular flexibility index (Phi) is 8.43. The van der Waals surface area contributed by atoms with Gasteiger partial charge in [0.15, 0.2) is 6.61 Å². The van der Waals surface area contributed by atoms with Crippen LogP contribution in [0.1, 0.15) is 16.7 Å². The molecular formula is C22H22ClNO5. The van der Waals surface area contributed by atoms with E-state index in [4.69, 9.17) is 21.1 Å². The van der Waals surface area contributed by atoms with Gasteiger partial charge in [-0.2, -0.15) is 0 Å². The first kappa shape index (κ1) is 22.2. The number of rotatable bonds is 8. The molecule has 2 aromatic carbocycles. The van der Waals surface area contributed by atoms with Crippen LogP contribution in [0.3, 0.4) is 0 Å². The van der Waals surface area contributed by atoms with Crippen LogP contribution in [0, 0.1) is 6.92 Å². The van der Waals surface area contributed by atoms with Gasteiger partial charge in [0.05, 0.1) is 7.11 Å². The summed E-state index contributed by atoms with van der Waals surface area (Å²) in [5.41, 5.74) is 2.52. The highest BCUT2D eigenvalue weighted by molar-refractivity contribution is 6.31. The number of nitrogens with one attached hydrogen (secondary N) is 1. The summed E-state index contributed by atoms with van der Waals surface area (Å²) in [7, 11) is 1.24. The summed E-state index contributed by atoms with van der Waals surface area (Å²) in [6.07, 6.45) is 3.01. The highest BCUT2D eigenvalue weighted by Gasteiger charge is 2.22. The summed E-state index contributed by atoms with van der Waals surface area (Å²) in [4.78, 5) is 35.8. The Balaban J connectivity index is 1.87. The van der Waals surface area contributed by atoms with Crippen molar-refractivity contribution in [1.82, 2.24) is 5.32 Å². The second kappa shape index (κ2) is 11.0. The first-order valence-corrected chi connectivity index (χ1v) is 9.29. The van der Waals surface area contributed by atoms with Gasteiger partial charge in [-0.05, 0) is 35.8 Å². The van der Waals surface area contributed by atoms with E-state index < -0.39 is 30.5 Å². The van der Waals surface area contributed by atoms with E-state index in [0.717, 1.165) is 16.7 Å². The molecule has 1 N–H and O–H groups in total. The van der Waals surface area contributed by atoms with Crippen molar-refractivity contribution in [3.05, 3.63) is 76.3 Å². The van der Waals surface area contributed by atoms with Crippen molar-refractivity contribution in [3.8, 4) is 0 Å². The molecule has 0 aliphatic rings.